The summed E-state index contributed by atoms with van der Waals surface area (Å²) in [6, 6.07) is 3.08. The normalized spacial score (nSPS) is 12.9. The first kappa shape index (κ1) is 12.3. The smallest absolute Gasteiger partial charge is 0.293 e. The van der Waals surface area contributed by atoms with Gasteiger partial charge in [0.05, 0.1) is 12.6 Å². The average Bonchev–Trinajstić information content (AvgIpc) is 2.93. The van der Waals surface area contributed by atoms with Crippen LogP contribution in [0.25, 0.3) is 11.7 Å². The van der Waals surface area contributed by atoms with E-state index in [9.17, 15) is 0 Å². The highest BCUT2D eigenvalue weighted by Crippen LogP contribution is 2.24. The zero-order valence-electron chi connectivity index (χ0n) is 9.22. The van der Waals surface area contributed by atoms with Gasteiger partial charge in [-0.2, -0.15) is 4.98 Å². The minimum atomic E-state index is -0.397. The van der Waals surface area contributed by atoms with Gasteiger partial charge in [-0.25, -0.2) is 0 Å². The van der Waals surface area contributed by atoms with Gasteiger partial charge in [0.15, 0.2) is 16.3 Å². The highest BCUT2D eigenvalue weighted by molar-refractivity contribution is 9.10. The molecule has 0 aromatic carbocycles. The highest BCUT2D eigenvalue weighted by Gasteiger charge is 2.17. The fraction of sp³-hybridized carbons (Fsp3) is 0.400. The molecule has 92 valence electrons. The monoisotopic (exact) mass is 301 g/mol. The summed E-state index contributed by atoms with van der Waals surface area (Å²) >= 11 is 3.20. The van der Waals surface area contributed by atoms with Crippen molar-refractivity contribution in [3.8, 4) is 11.7 Å². The summed E-state index contributed by atoms with van der Waals surface area (Å²) in [5, 5.41) is 3.79. The molecule has 1 unspecified atom stereocenters. The molecule has 0 amide bonds. The van der Waals surface area contributed by atoms with Gasteiger partial charge in [0.25, 0.3) is 5.89 Å². The fourth-order valence-corrected chi connectivity index (χ4v) is 1.54. The molecule has 0 aliphatic heterocycles. The Labute approximate surface area is 106 Å². The maximum absolute atomic E-state index is 5.83. The van der Waals surface area contributed by atoms with Crippen LogP contribution < -0.4 is 5.73 Å². The van der Waals surface area contributed by atoms with Crippen molar-refractivity contribution in [3.05, 3.63) is 22.6 Å². The number of hydrogen-bond donors (Lipinski definition) is 1. The van der Waals surface area contributed by atoms with Gasteiger partial charge in [-0.1, -0.05) is 5.16 Å². The number of furan rings is 1. The summed E-state index contributed by atoms with van der Waals surface area (Å²) in [5.41, 5.74) is 5.83. The number of aromatic nitrogens is 2. The van der Waals surface area contributed by atoms with E-state index >= 15 is 0 Å². The topological polar surface area (TPSA) is 87.3 Å². The summed E-state index contributed by atoms with van der Waals surface area (Å²) in [6.45, 7) is 2.86. The highest BCUT2D eigenvalue weighted by atomic mass is 79.9. The van der Waals surface area contributed by atoms with Gasteiger partial charge in [0.1, 0.15) is 0 Å². The maximum Gasteiger partial charge on any atom is 0.293 e. The molecule has 0 fully saturated rings. The third-order valence-corrected chi connectivity index (χ3v) is 2.49. The SMILES string of the molecule is CCOCC(N)c1noc(-c2ccc(Br)o2)n1. The zero-order chi connectivity index (χ0) is 12.3. The molecule has 0 saturated carbocycles. The summed E-state index contributed by atoms with van der Waals surface area (Å²) in [4.78, 5) is 4.15. The van der Waals surface area contributed by atoms with E-state index in [0.717, 1.165) is 0 Å². The standard InChI is InChI=1S/C10H12BrN3O3/c1-2-15-5-6(12)9-13-10(17-14-9)7-3-4-8(11)16-7/h3-4,6H,2,5,12H2,1H3. The molecule has 0 aliphatic rings. The molecule has 2 N–H and O–H groups in total. The van der Waals surface area contributed by atoms with E-state index < -0.39 is 6.04 Å². The summed E-state index contributed by atoms with van der Waals surface area (Å²) in [7, 11) is 0. The molecule has 6 nitrogen and oxygen atoms in total. The Balaban J connectivity index is 2.10. The summed E-state index contributed by atoms with van der Waals surface area (Å²) in [5.74, 6) is 1.21. The van der Waals surface area contributed by atoms with Crippen molar-refractivity contribution in [2.75, 3.05) is 13.2 Å². The van der Waals surface area contributed by atoms with Crippen molar-refractivity contribution < 1.29 is 13.7 Å². The quantitative estimate of drug-likeness (QED) is 0.910. The second-order valence-electron chi connectivity index (χ2n) is 3.33. The van der Waals surface area contributed by atoms with Crippen LogP contribution in [-0.2, 0) is 4.74 Å². The molecule has 0 aliphatic carbocycles. The number of rotatable bonds is 5. The van der Waals surface area contributed by atoms with Crippen molar-refractivity contribution >= 4 is 15.9 Å². The fourth-order valence-electron chi connectivity index (χ4n) is 1.23. The third-order valence-electron chi connectivity index (χ3n) is 2.06. The molecule has 0 radical (unpaired) electrons. The first-order chi connectivity index (χ1) is 8.20. The van der Waals surface area contributed by atoms with Crippen molar-refractivity contribution in [2.24, 2.45) is 5.73 Å². The molecule has 17 heavy (non-hydrogen) atoms. The molecule has 0 spiro atoms. The molecule has 7 heteroatoms. The Hall–Kier alpha value is -1.18. The van der Waals surface area contributed by atoms with E-state index in [1.54, 1.807) is 12.1 Å². The molecule has 1 atom stereocenters. The lowest BCUT2D eigenvalue weighted by Crippen LogP contribution is -2.18. The van der Waals surface area contributed by atoms with Gasteiger partial charge in [0.2, 0.25) is 0 Å². The molecule has 2 aromatic rings. The van der Waals surface area contributed by atoms with Crippen molar-refractivity contribution in [1.29, 1.82) is 0 Å². The van der Waals surface area contributed by atoms with E-state index in [1.807, 2.05) is 6.92 Å². The number of nitrogens with zero attached hydrogens (tertiary/aromatic N) is 2. The predicted molar refractivity (Wildman–Crippen MR) is 63.1 cm³/mol. The van der Waals surface area contributed by atoms with Crippen LogP contribution in [0.5, 0.6) is 0 Å². The van der Waals surface area contributed by atoms with Crippen LogP contribution in [0, 0.1) is 0 Å². The first-order valence-electron chi connectivity index (χ1n) is 5.13. The maximum atomic E-state index is 5.83. The minimum absolute atomic E-state index is 0.303. The molecule has 2 heterocycles. The minimum Gasteiger partial charge on any atom is -0.444 e. The van der Waals surface area contributed by atoms with E-state index in [4.69, 9.17) is 19.4 Å². The summed E-state index contributed by atoms with van der Waals surface area (Å²) < 4.78 is 16.1. The number of nitrogens with two attached hydrogens (primary N) is 1. The van der Waals surface area contributed by atoms with Crippen LogP contribution in [0.4, 0.5) is 0 Å². The van der Waals surface area contributed by atoms with Crippen LogP contribution in [0.3, 0.4) is 0 Å². The Morgan fingerprint density at radius 3 is 3.00 bits per heavy atom. The van der Waals surface area contributed by atoms with E-state index in [-0.39, 0.29) is 0 Å². The first-order valence-corrected chi connectivity index (χ1v) is 5.92. The van der Waals surface area contributed by atoms with Crippen LogP contribution in [-0.4, -0.2) is 23.4 Å². The van der Waals surface area contributed by atoms with Gasteiger partial charge in [-0.15, -0.1) is 0 Å². The number of ether oxygens (including phenoxy) is 1. The average molecular weight is 302 g/mol. The second kappa shape index (κ2) is 5.44. The van der Waals surface area contributed by atoms with Crippen LogP contribution in [0.1, 0.15) is 18.8 Å². The van der Waals surface area contributed by atoms with Crippen molar-refractivity contribution in [3.63, 3.8) is 0 Å². The Bertz CT molecular complexity index is 483. The lowest BCUT2D eigenvalue weighted by molar-refractivity contribution is 0.130. The largest absolute Gasteiger partial charge is 0.444 e. The van der Waals surface area contributed by atoms with Gasteiger partial charge in [-0.3, -0.25) is 0 Å². The zero-order valence-corrected chi connectivity index (χ0v) is 10.8. The summed E-state index contributed by atoms with van der Waals surface area (Å²) in [6.07, 6.45) is 0. The third kappa shape index (κ3) is 2.93. The Kier molecular flexibility index (Phi) is 3.93. The number of hydrogen-bond acceptors (Lipinski definition) is 6. The van der Waals surface area contributed by atoms with Crippen molar-refractivity contribution in [2.45, 2.75) is 13.0 Å². The van der Waals surface area contributed by atoms with Gasteiger partial charge in [0, 0.05) is 6.61 Å². The van der Waals surface area contributed by atoms with E-state index in [0.29, 0.717) is 35.4 Å². The van der Waals surface area contributed by atoms with E-state index in [1.165, 1.54) is 0 Å². The number of halogens is 1. The Morgan fingerprint density at radius 1 is 1.53 bits per heavy atom. The van der Waals surface area contributed by atoms with Gasteiger partial charge in [-0.05, 0) is 35.0 Å². The lowest BCUT2D eigenvalue weighted by atomic mass is 10.3. The Morgan fingerprint density at radius 2 is 2.35 bits per heavy atom. The molecule has 0 saturated heterocycles. The van der Waals surface area contributed by atoms with Crippen LogP contribution in [0.2, 0.25) is 0 Å². The molecular weight excluding hydrogens is 290 g/mol. The predicted octanol–water partition coefficient (Wildman–Crippen LogP) is 2.13. The van der Waals surface area contributed by atoms with Gasteiger partial charge >= 0.3 is 0 Å². The van der Waals surface area contributed by atoms with Gasteiger partial charge < -0.3 is 19.4 Å². The van der Waals surface area contributed by atoms with E-state index in [2.05, 4.69) is 26.1 Å². The second-order valence-corrected chi connectivity index (χ2v) is 4.11. The molecule has 2 rings (SSSR count). The molecule has 0 bridgehead atoms. The lowest BCUT2D eigenvalue weighted by Gasteiger charge is -2.05. The van der Waals surface area contributed by atoms with Crippen LogP contribution in [0.15, 0.2) is 25.7 Å². The molecular formula is C10H12BrN3O3. The molecule has 2 aromatic heterocycles. The van der Waals surface area contributed by atoms with Crippen LogP contribution >= 0.6 is 15.9 Å². The van der Waals surface area contributed by atoms with Crippen molar-refractivity contribution in [1.82, 2.24) is 10.1 Å².